The fourth-order valence-electron chi connectivity index (χ4n) is 1.34. The highest BCUT2D eigenvalue weighted by Crippen LogP contribution is 2.26. The summed E-state index contributed by atoms with van der Waals surface area (Å²) in [4.78, 5) is 22.2. The van der Waals surface area contributed by atoms with Crippen LogP contribution in [-0.2, 0) is 19.1 Å². The first-order valence-corrected chi connectivity index (χ1v) is 3.89. The summed E-state index contributed by atoms with van der Waals surface area (Å²) in [7, 11) is 0. The molecule has 0 aromatic heterocycles. The van der Waals surface area contributed by atoms with Gasteiger partial charge in [-0.3, -0.25) is 10.8 Å². The predicted molar refractivity (Wildman–Crippen MR) is 43.9 cm³/mol. The van der Waals surface area contributed by atoms with Crippen LogP contribution in [0.4, 0.5) is 0 Å². The van der Waals surface area contributed by atoms with Crippen LogP contribution in [0.25, 0.3) is 0 Å². The quantitative estimate of drug-likeness (QED) is 0.422. The summed E-state index contributed by atoms with van der Waals surface area (Å²) < 4.78 is 8.96. The molecule has 0 aromatic rings. The maximum Gasteiger partial charge on any atom is 0.341 e. The Kier molecular flexibility index (Phi) is 1.70. The smallest absolute Gasteiger partial charge is 0.341 e. The van der Waals surface area contributed by atoms with Crippen LogP contribution in [0, 0.1) is 10.8 Å². The van der Waals surface area contributed by atoms with E-state index in [-0.39, 0.29) is 35.8 Å². The number of nitrogens with one attached hydrogen (secondary N) is 2. The molecule has 0 bridgehead atoms. The van der Waals surface area contributed by atoms with Gasteiger partial charge in [0.2, 0.25) is 0 Å². The highest BCUT2D eigenvalue weighted by atomic mass is 16.6. The highest BCUT2D eigenvalue weighted by molar-refractivity contribution is 6.16. The second kappa shape index (κ2) is 2.76. The van der Waals surface area contributed by atoms with E-state index in [1.807, 2.05) is 0 Å². The van der Waals surface area contributed by atoms with Gasteiger partial charge in [0.15, 0.2) is 11.8 Å². The zero-order valence-corrected chi connectivity index (χ0v) is 7.05. The van der Waals surface area contributed by atoms with Crippen molar-refractivity contribution in [2.75, 3.05) is 0 Å². The minimum absolute atomic E-state index is 0.0105. The second-order valence-electron chi connectivity index (χ2n) is 2.94. The number of hydrogen-bond acceptors (Lipinski definition) is 6. The van der Waals surface area contributed by atoms with E-state index in [0.717, 1.165) is 0 Å². The van der Waals surface area contributed by atoms with Crippen molar-refractivity contribution in [3.63, 3.8) is 0 Å². The first kappa shape index (κ1) is 8.61. The third kappa shape index (κ3) is 1.20. The molecule has 2 N–H and O–H groups in total. The Balaban J connectivity index is 2.41. The molecule has 0 aromatic carbocycles. The van der Waals surface area contributed by atoms with E-state index in [1.54, 1.807) is 0 Å². The average molecular weight is 194 g/mol. The fourth-order valence-corrected chi connectivity index (χ4v) is 1.34. The van der Waals surface area contributed by atoms with E-state index in [1.165, 1.54) is 0 Å². The molecular formula is C8H6N2O4. The van der Waals surface area contributed by atoms with Crippen molar-refractivity contribution in [1.29, 1.82) is 10.8 Å². The van der Waals surface area contributed by atoms with Gasteiger partial charge in [0.1, 0.15) is 0 Å². The standard InChI is InChI=1S/C8H6N2O4/c9-5-1-3(7(11)13-5)4-2-6(10)14-8(4)12/h9-10H,1-2H2/b4-3+,9-5?,10-6?. The lowest BCUT2D eigenvalue weighted by Gasteiger charge is -1.92. The summed E-state index contributed by atoms with van der Waals surface area (Å²) >= 11 is 0. The first-order valence-electron chi connectivity index (χ1n) is 3.89. The Morgan fingerprint density at radius 3 is 1.43 bits per heavy atom. The number of carbonyl (C=O) groups is 2. The summed E-state index contributed by atoms with van der Waals surface area (Å²) in [6.45, 7) is 0. The minimum Gasteiger partial charge on any atom is -0.408 e. The number of carbonyl (C=O) groups excluding carboxylic acids is 2. The molecule has 0 atom stereocenters. The zero-order chi connectivity index (χ0) is 10.3. The Labute approximate surface area is 78.5 Å². The molecule has 72 valence electrons. The van der Waals surface area contributed by atoms with Gasteiger partial charge < -0.3 is 9.47 Å². The molecule has 0 amide bonds. The van der Waals surface area contributed by atoms with Crippen molar-refractivity contribution in [3.05, 3.63) is 11.1 Å². The largest absolute Gasteiger partial charge is 0.408 e. The summed E-state index contributed by atoms with van der Waals surface area (Å²) in [5, 5.41) is 14.2. The van der Waals surface area contributed by atoms with Crippen molar-refractivity contribution in [2.24, 2.45) is 0 Å². The molecule has 0 aliphatic carbocycles. The maximum absolute atomic E-state index is 11.1. The minimum atomic E-state index is -0.684. The number of esters is 2. The Hall–Kier alpha value is -1.98. The Bertz CT molecular complexity index is 370. The lowest BCUT2D eigenvalue weighted by Crippen LogP contribution is -2.04. The third-order valence-electron chi connectivity index (χ3n) is 1.96. The van der Waals surface area contributed by atoms with Gasteiger partial charge in [0, 0.05) is 0 Å². The summed E-state index contributed by atoms with van der Waals surface area (Å²) in [6, 6.07) is 0. The molecule has 0 spiro atoms. The lowest BCUT2D eigenvalue weighted by molar-refractivity contribution is -0.132. The molecule has 0 unspecified atom stereocenters. The molecule has 2 saturated heterocycles. The van der Waals surface area contributed by atoms with E-state index >= 15 is 0 Å². The van der Waals surface area contributed by atoms with Crippen LogP contribution in [0.2, 0.25) is 0 Å². The van der Waals surface area contributed by atoms with Crippen LogP contribution in [-0.4, -0.2) is 23.7 Å². The summed E-state index contributed by atoms with van der Waals surface area (Å²) in [6.07, 6.45) is 0.0209. The molecule has 0 saturated carbocycles. The van der Waals surface area contributed by atoms with Gasteiger partial charge in [-0.2, -0.15) is 0 Å². The van der Waals surface area contributed by atoms with Gasteiger partial charge in [-0.1, -0.05) is 0 Å². The van der Waals surface area contributed by atoms with Gasteiger partial charge >= 0.3 is 11.9 Å². The third-order valence-corrected chi connectivity index (χ3v) is 1.96. The van der Waals surface area contributed by atoms with Crippen molar-refractivity contribution >= 4 is 23.7 Å². The number of cyclic esters (lactones) is 2. The molecular weight excluding hydrogens is 188 g/mol. The van der Waals surface area contributed by atoms with Crippen molar-refractivity contribution in [2.45, 2.75) is 12.8 Å². The van der Waals surface area contributed by atoms with Gasteiger partial charge in [-0.25, -0.2) is 9.59 Å². The van der Waals surface area contributed by atoms with Crippen molar-refractivity contribution < 1.29 is 19.1 Å². The molecule has 2 aliphatic heterocycles. The molecule has 2 rings (SSSR count). The van der Waals surface area contributed by atoms with E-state index in [0.29, 0.717) is 0 Å². The second-order valence-corrected chi connectivity index (χ2v) is 2.94. The maximum atomic E-state index is 11.1. The Morgan fingerprint density at radius 2 is 1.21 bits per heavy atom. The van der Waals surface area contributed by atoms with E-state index in [9.17, 15) is 9.59 Å². The van der Waals surface area contributed by atoms with Crippen molar-refractivity contribution in [3.8, 4) is 0 Å². The van der Waals surface area contributed by atoms with E-state index in [2.05, 4.69) is 9.47 Å². The molecule has 2 aliphatic rings. The molecule has 0 radical (unpaired) electrons. The first-order chi connectivity index (χ1) is 6.58. The summed E-state index contributed by atoms with van der Waals surface area (Å²) in [5.41, 5.74) is 0.282. The Morgan fingerprint density at radius 1 is 0.857 bits per heavy atom. The van der Waals surface area contributed by atoms with Crippen LogP contribution in [0.15, 0.2) is 11.1 Å². The fraction of sp³-hybridized carbons (Fsp3) is 0.250. The van der Waals surface area contributed by atoms with Crippen LogP contribution in [0.5, 0.6) is 0 Å². The van der Waals surface area contributed by atoms with Gasteiger partial charge in [0.05, 0.1) is 24.0 Å². The topological polar surface area (TPSA) is 100 Å². The van der Waals surface area contributed by atoms with Crippen LogP contribution in [0.1, 0.15) is 12.8 Å². The molecule has 6 heteroatoms. The number of ether oxygens (including phenoxy) is 2. The lowest BCUT2D eigenvalue weighted by atomic mass is 10.1. The molecule has 2 heterocycles. The number of rotatable bonds is 0. The monoisotopic (exact) mass is 194 g/mol. The van der Waals surface area contributed by atoms with Crippen molar-refractivity contribution in [1.82, 2.24) is 0 Å². The SMILES string of the molecule is N=C1C/C(=C2/CC(=N)OC2=O)C(=O)O1. The van der Waals surface area contributed by atoms with Crippen LogP contribution < -0.4 is 0 Å². The molecule has 2 fully saturated rings. The van der Waals surface area contributed by atoms with Crippen LogP contribution in [0.3, 0.4) is 0 Å². The number of hydrogen-bond donors (Lipinski definition) is 2. The van der Waals surface area contributed by atoms with E-state index in [4.69, 9.17) is 10.8 Å². The highest BCUT2D eigenvalue weighted by Gasteiger charge is 2.35. The molecule has 6 nitrogen and oxygen atoms in total. The van der Waals surface area contributed by atoms with Crippen LogP contribution >= 0.6 is 0 Å². The van der Waals surface area contributed by atoms with Gasteiger partial charge in [-0.05, 0) is 0 Å². The van der Waals surface area contributed by atoms with Gasteiger partial charge in [-0.15, -0.1) is 0 Å². The average Bonchev–Trinajstić information content (AvgIpc) is 2.55. The van der Waals surface area contributed by atoms with E-state index < -0.39 is 11.9 Å². The normalized spacial score (nSPS) is 26.9. The summed E-state index contributed by atoms with van der Waals surface area (Å²) in [5.74, 6) is -1.72. The molecule has 14 heavy (non-hydrogen) atoms. The predicted octanol–water partition coefficient (Wildman–Crippen LogP) is 0.131. The van der Waals surface area contributed by atoms with Gasteiger partial charge in [0.25, 0.3) is 0 Å². The zero-order valence-electron chi connectivity index (χ0n) is 7.05.